The number of pyridine rings is 1. The molecule has 0 aliphatic carbocycles. The van der Waals surface area contributed by atoms with Crippen molar-refractivity contribution in [3.8, 4) is 0 Å². The zero-order valence-corrected chi connectivity index (χ0v) is 12.6. The second-order valence-electron chi connectivity index (χ2n) is 5.03. The fraction of sp³-hybridized carbons (Fsp3) is 0. The van der Waals surface area contributed by atoms with Crippen LogP contribution in [-0.2, 0) is 0 Å². The summed E-state index contributed by atoms with van der Waals surface area (Å²) in [5.74, 6) is -0.802. The molecule has 6 heteroatoms. The third kappa shape index (κ3) is 3.67. The molecule has 0 saturated carbocycles. The first kappa shape index (κ1) is 15.5. The highest BCUT2D eigenvalue weighted by Gasteiger charge is 2.07. The maximum absolute atomic E-state index is 12.9. The molecule has 0 saturated heterocycles. The zero-order chi connectivity index (χ0) is 16.9. The second kappa shape index (κ2) is 6.78. The number of rotatable bonds is 3. The summed E-state index contributed by atoms with van der Waals surface area (Å²) in [5, 5.41) is 12.6. The van der Waals surface area contributed by atoms with E-state index >= 15 is 0 Å². The summed E-state index contributed by atoms with van der Waals surface area (Å²) >= 11 is 0. The zero-order valence-electron chi connectivity index (χ0n) is 12.6. The van der Waals surface area contributed by atoms with E-state index in [9.17, 15) is 14.4 Å². The first-order valence-corrected chi connectivity index (χ1v) is 7.20. The number of aromatic nitrogens is 1. The molecule has 0 radical (unpaired) electrons. The predicted molar refractivity (Wildman–Crippen MR) is 87.6 cm³/mol. The van der Waals surface area contributed by atoms with Gasteiger partial charge in [-0.2, -0.15) is 4.73 Å². The molecule has 1 aromatic heterocycles. The summed E-state index contributed by atoms with van der Waals surface area (Å²) < 4.78 is 13.6. The number of carbonyl (C=O) groups is 1. The van der Waals surface area contributed by atoms with E-state index in [1.807, 2.05) is 18.2 Å². The van der Waals surface area contributed by atoms with E-state index in [4.69, 9.17) is 0 Å². The molecule has 24 heavy (non-hydrogen) atoms. The SMILES string of the molecule is O=C(Nc1ccc(F)cc1)c1ccc(=Nc2ccccc2)n(O)c1. The van der Waals surface area contributed by atoms with Gasteiger partial charge in [-0.05, 0) is 48.5 Å². The lowest BCUT2D eigenvalue weighted by atomic mass is 10.2. The van der Waals surface area contributed by atoms with Crippen LogP contribution in [0, 0.1) is 5.82 Å². The van der Waals surface area contributed by atoms with Gasteiger partial charge in [0.2, 0.25) is 0 Å². The topological polar surface area (TPSA) is 66.6 Å². The van der Waals surface area contributed by atoms with E-state index in [2.05, 4.69) is 10.3 Å². The number of hydrogen-bond donors (Lipinski definition) is 2. The van der Waals surface area contributed by atoms with Crippen LogP contribution < -0.4 is 10.8 Å². The van der Waals surface area contributed by atoms with Crippen LogP contribution in [0.4, 0.5) is 15.8 Å². The van der Waals surface area contributed by atoms with Crippen LogP contribution in [0.25, 0.3) is 0 Å². The van der Waals surface area contributed by atoms with Crippen molar-refractivity contribution in [2.45, 2.75) is 0 Å². The van der Waals surface area contributed by atoms with Crippen LogP contribution in [0.15, 0.2) is 77.9 Å². The molecule has 0 unspecified atom stereocenters. The first-order valence-electron chi connectivity index (χ1n) is 7.20. The van der Waals surface area contributed by atoms with Gasteiger partial charge in [0.05, 0.1) is 17.4 Å². The lowest BCUT2D eigenvalue weighted by molar-refractivity contribution is 0.102. The summed E-state index contributed by atoms with van der Waals surface area (Å²) in [6.07, 6.45) is 1.26. The normalized spacial score (nSPS) is 11.3. The van der Waals surface area contributed by atoms with Gasteiger partial charge in [-0.3, -0.25) is 4.79 Å². The van der Waals surface area contributed by atoms with E-state index in [-0.39, 0.29) is 11.4 Å². The number of carbonyl (C=O) groups excluding carboxylic acids is 1. The summed E-state index contributed by atoms with van der Waals surface area (Å²) in [4.78, 5) is 16.4. The molecule has 0 aliphatic rings. The van der Waals surface area contributed by atoms with E-state index < -0.39 is 5.91 Å². The Hall–Kier alpha value is -3.41. The molecular formula is C18H14FN3O2. The summed E-state index contributed by atoms with van der Waals surface area (Å²) in [7, 11) is 0. The molecule has 5 nitrogen and oxygen atoms in total. The van der Waals surface area contributed by atoms with Gasteiger partial charge in [0.1, 0.15) is 5.82 Å². The quantitative estimate of drug-likeness (QED) is 0.726. The molecule has 2 aromatic carbocycles. The average Bonchev–Trinajstić information content (AvgIpc) is 2.59. The van der Waals surface area contributed by atoms with E-state index in [0.29, 0.717) is 16.9 Å². The molecule has 0 bridgehead atoms. The van der Waals surface area contributed by atoms with Crippen molar-refractivity contribution < 1.29 is 14.4 Å². The van der Waals surface area contributed by atoms with Crippen LogP contribution in [0.2, 0.25) is 0 Å². The maximum Gasteiger partial charge on any atom is 0.257 e. The van der Waals surface area contributed by atoms with Crippen LogP contribution >= 0.6 is 0 Å². The summed E-state index contributed by atoms with van der Waals surface area (Å²) in [6.45, 7) is 0. The fourth-order valence-electron chi connectivity index (χ4n) is 2.08. The van der Waals surface area contributed by atoms with E-state index in [0.717, 1.165) is 4.73 Å². The monoisotopic (exact) mass is 323 g/mol. The molecule has 3 aromatic rings. The van der Waals surface area contributed by atoms with Crippen molar-refractivity contribution >= 4 is 17.3 Å². The molecule has 120 valence electrons. The number of amides is 1. The number of anilines is 1. The number of para-hydroxylation sites is 1. The van der Waals surface area contributed by atoms with E-state index in [1.54, 1.807) is 18.2 Å². The Morgan fingerprint density at radius 2 is 1.71 bits per heavy atom. The molecule has 0 atom stereocenters. The first-order chi connectivity index (χ1) is 11.6. The van der Waals surface area contributed by atoms with Gasteiger partial charge in [-0.25, -0.2) is 9.38 Å². The van der Waals surface area contributed by atoms with Crippen molar-refractivity contribution in [2.24, 2.45) is 4.99 Å². The van der Waals surface area contributed by atoms with Gasteiger partial charge in [-0.15, -0.1) is 0 Å². The van der Waals surface area contributed by atoms with Crippen molar-refractivity contribution in [3.05, 3.63) is 89.8 Å². The number of nitrogens with one attached hydrogen (secondary N) is 1. The van der Waals surface area contributed by atoms with Gasteiger partial charge in [0.15, 0.2) is 5.49 Å². The van der Waals surface area contributed by atoms with Crippen LogP contribution in [-0.4, -0.2) is 15.8 Å². The van der Waals surface area contributed by atoms with Gasteiger partial charge in [0.25, 0.3) is 5.91 Å². The minimum atomic E-state index is -0.421. The smallest absolute Gasteiger partial charge is 0.257 e. The van der Waals surface area contributed by atoms with Crippen LogP contribution in [0.1, 0.15) is 10.4 Å². The Bertz CT molecular complexity index is 919. The standard InChI is InChI=1S/C18H14FN3O2/c19-14-7-9-16(10-8-14)21-18(23)13-6-11-17(22(24)12-13)20-15-4-2-1-3-5-15/h1-12,24H,(H,21,23). The Labute approximate surface area is 137 Å². The minimum Gasteiger partial charge on any atom is -0.427 e. The molecule has 0 fully saturated rings. The molecule has 1 heterocycles. The van der Waals surface area contributed by atoms with E-state index in [1.165, 1.54) is 36.5 Å². The maximum atomic E-state index is 12.9. The van der Waals surface area contributed by atoms with Crippen molar-refractivity contribution in [1.29, 1.82) is 0 Å². The summed E-state index contributed by atoms with van der Waals surface area (Å²) in [6, 6.07) is 17.7. The molecule has 0 aliphatic heterocycles. The highest BCUT2D eigenvalue weighted by Crippen LogP contribution is 2.11. The van der Waals surface area contributed by atoms with Crippen LogP contribution in [0.3, 0.4) is 0 Å². The lowest BCUT2D eigenvalue weighted by Crippen LogP contribution is -2.21. The number of benzene rings is 2. The third-order valence-corrected chi connectivity index (χ3v) is 3.27. The van der Waals surface area contributed by atoms with Crippen molar-refractivity contribution in [2.75, 3.05) is 5.32 Å². The fourth-order valence-corrected chi connectivity index (χ4v) is 2.08. The van der Waals surface area contributed by atoms with Crippen molar-refractivity contribution in [1.82, 2.24) is 4.73 Å². The average molecular weight is 323 g/mol. The molecule has 0 spiro atoms. The number of halogens is 1. The molecule has 1 amide bonds. The number of nitrogens with zero attached hydrogens (tertiary/aromatic N) is 2. The second-order valence-corrected chi connectivity index (χ2v) is 5.03. The Balaban J connectivity index is 1.82. The highest BCUT2D eigenvalue weighted by molar-refractivity contribution is 6.03. The molecule has 2 N–H and O–H groups in total. The van der Waals surface area contributed by atoms with Gasteiger partial charge >= 0.3 is 0 Å². The Morgan fingerprint density at radius 1 is 1.00 bits per heavy atom. The van der Waals surface area contributed by atoms with Crippen LogP contribution in [0.5, 0.6) is 0 Å². The van der Waals surface area contributed by atoms with Crippen molar-refractivity contribution in [3.63, 3.8) is 0 Å². The highest BCUT2D eigenvalue weighted by atomic mass is 19.1. The minimum absolute atomic E-state index is 0.244. The number of hydrogen-bond acceptors (Lipinski definition) is 3. The van der Waals surface area contributed by atoms with Gasteiger partial charge in [0, 0.05) is 5.69 Å². The Kier molecular flexibility index (Phi) is 4.38. The Morgan fingerprint density at radius 3 is 2.38 bits per heavy atom. The lowest BCUT2D eigenvalue weighted by Gasteiger charge is -2.06. The molecular weight excluding hydrogens is 309 g/mol. The van der Waals surface area contributed by atoms with Gasteiger partial charge < -0.3 is 10.5 Å². The largest absolute Gasteiger partial charge is 0.427 e. The predicted octanol–water partition coefficient (Wildman–Crippen LogP) is 3.35. The summed E-state index contributed by atoms with van der Waals surface area (Å²) in [5.41, 5.74) is 1.68. The molecule has 3 rings (SSSR count). The van der Waals surface area contributed by atoms with Gasteiger partial charge in [-0.1, -0.05) is 18.2 Å². The third-order valence-electron chi connectivity index (χ3n) is 3.27.